The molecule has 2 rings (SSSR count). The van der Waals surface area contributed by atoms with Crippen LogP contribution in [0, 0.1) is 23.5 Å². The van der Waals surface area contributed by atoms with Crippen LogP contribution in [0.5, 0.6) is 0 Å². The maximum atomic E-state index is 13.3. The largest absolute Gasteiger partial charge is 0.327 e. The number of carbonyl (C=O) groups is 1. The van der Waals surface area contributed by atoms with Gasteiger partial charge in [0.15, 0.2) is 0 Å². The van der Waals surface area contributed by atoms with E-state index < -0.39 is 23.4 Å². The van der Waals surface area contributed by atoms with Crippen LogP contribution < -0.4 is 10.6 Å². The van der Waals surface area contributed by atoms with Gasteiger partial charge in [-0.3, -0.25) is 0 Å². The van der Waals surface area contributed by atoms with Gasteiger partial charge < -0.3 is 10.6 Å². The van der Waals surface area contributed by atoms with E-state index in [1.165, 1.54) is 6.07 Å². The van der Waals surface area contributed by atoms with Crippen LogP contribution in [0.1, 0.15) is 5.56 Å². The zero-order chi connectivity index (χ0) is 15.9. The van der Waals surface area contributed by atoms with Crippen molar-refractivity contribution < 1.29 is 13.6 Å². The molecule has 0 aromatic heterocycles. The third-order valence-electron chi connectivity index (χ3n) is 2.64. The summed E-state index contributed by atoms with van der Waals surface area (Å²) in [5.74, 6) is 3.78. The van der Waals surface area contributed by atoms with Crippen LogP contribution in [0.3, 0.4) is 0 Å². The number of hydrogen-bond donors (Lipinski definition) is 2. The Hall–Kier alpha value is -2.58. The minimum absolute atomic E-state index is 0.00707. The maximum absolute atomic E-state index is 13.3. The summed E-state index contributed by atoms with van der Waals surface area (Å²) in [7, 11) is 0. The van der Waals surface area contributed by atoms with Gasteiger partial charge in [-0.2, -0.15) is 0 Å². The van der Waals surface area contributed by atoms with Crippen LogP contribution in [0.25, 0.3) is 0 Å². The molecule has 2 aromatic rings. The number of rotatable bonds is 2. The minimum atomic E-state index is -0.850. The van der Waals surface area contributed by atoms with Gasteiger partial charge in [-0.1, -0.05) is 41.6 Å². The number of carbonyl (C=O) groups excluding carboxylic acids is 1. The lowest BCUT2D eigenvalue weighted by atomic mass is 10.2. The fourth-order valence-corrected chi connectivity index (χ4v) is 1.78. The first-order chi connectivity index (χ1) is 10.6. The normalized spacial score (nSPS) is 9.59. The van der Waals surface area contributed by atoms with Gasteiger partial charge in [-0.15, -0.1) is 0 Å². The molecule has 0 atom stereocenters. The number of halogens is 3. The van der Waals surface area contributed by atoms with E-state index in [2.05, 4.69) is 22.5 Å². The minimum Gasteiger partial charge on any atom is -0.327 e. The Labute approximate surface area is 131 Å². The van der Waals surface area contributed by atoms with E-state index >= 15 is 0 Å². The first-order valence-electron chi connectivity index (χ1n) is 6.30. The molecule has 2 amide bonds. The van der Waals surface area contributed by atoms with Gasteiger partial charge in [-0.25, -0.2) is 13.6 Å². The lowest BCUT2D eigenvalue weighted by Crippen LogP contribution is -2.29. The number of amides is 2. The van der Waals surface area contributed by atoms with E-state index in [0.717, 1.165) is 12.1 Å². The molecule has 3 nitrogen and oxygen atoms in total. The number of urea groups is 1. The summed E-state index contributed by atoms with van der Waals surface area (Å²) in [5.41, 5.74) is 0.130. The van der Waals surface area contributed by atoms with Crippen molar-refractivity contribution in [1.82, 2.24) is 5.32 Å². The molecule has 0 saturated heterocycles. The number of nitrogens with one attached hydrogen (secondary N) is 2. The summed E-state index contributed by atoms with van der Waals surface area (Å²) in [5, 5.41) is 4.98. The maximum Gasteiger partial charge on any atom is 0.320 e. The summed E-state index contributed by atoms with van der Waals surface area (Å²) in [6, 6.07) is 9.57. The first-order valence-corrected chi connectivity index (χ1v) is 6.68. The SMILES string of the molecule is O=C(NCC#Cc1ccccc1Cl)Nc1c(F)cccc1F. The molecule has 2 N–H and O–H groups in total. The number of anilines is 1. The molecular formula is C16H11ClF2N2O. The quantitative estimate of drug-likeness (QED) is 0.812. The fraction of sp³-hybridized carbons (Fsp3) is 0.0625. The fourth-order valence-electron chi connectivity index (χ4n) is 1.60. The Balaban J connectivity index is 1.91. The van der Waals surface area contributed by atoms with Crippen molar-refractivity contribution in [3.63, 3.8) is 0 Å². The molecule has 112 valence electrons. The van der Waals surface area contributed by atoms with Crippen molar-refractivity contribution in [2.45, 2.75) is 0 Å². The standard InChI is InChI=1S/C16H11ClF2N2O/c17-12-7-2-1-5-11(12)6-4-10-20-16(22)21-15-13(18)8-3-9-14(15)19/h1-3,5,7-9H,10H2,(H2,20,21,22). The molecule has 0 bridgehead atoms. The highest BCUT2D eigenvalue weighted by molar-refractivity contribution is 6.31. The molecule has 0 radical (unpaired) electrons. The van der Waals surface area contributed by atoms with Gasteiger partial charge in [0.1, 0.15) is 17.3 Å². The third kappa shape index (κ3) is 4.21. The highest BCUT2D eigenvalue weighted by Gasteiger charge is 2.10. The number of hydrogen-bond acceptors (Lipinski definition) is 1. The number of benzene rings is 2. The molecule has 0 fully saturated rings. The molecule has 2 aromatic carbocycles. The van der Waals surface area contributed by atoms with Crippen molar-refractivity contribution in [3.05, 3.63) is 64.7 Å². The molecule has 0 aliphatic carbocycles. The molecule has 0 heterocycles. The lowest BCUT2D eigenvalue weighted by Gasteiger charge is -2.07. The van der Waals surface area contributed by atoms with Crippen LogP contribution in [0.15, 0.2) is 42.5 Å². The smallest absolute Gasteiger partial charge is 0.320 e. The topological polar surface area (TPSA) is 41.1 Å². The van der Waals surface area contributed by atoms with Crippen LogP contribution in [-0.4, -0.2) is 12.6 Å². The molecule has 0 aliphatic rings. The second kappa shape index (κ2) is 7.43. The summed E-state index contributed by atoms with van der Waals surface area (Å²) in [6.07, 6.45) is 0. The van der Waals surface area contributed by atoms with Crippen LogP contribution in [0.2, 0.25) is 5.02 Å². The Morgan fingerprint density at radius 3 is 2.45 bits per heavy atom. The van der Waals surface area contributed by atoms with Gasteiger partial charge in [0.2, 0.25) is 0 Å². The van der Waals surface area contributed by atoms with Crippen molar-refractivity contribution >= 4 is 23.3 Å². The molecule has 22 heavy (non-hydrogen) atoms. The average Bonchev–Trinajstić information content (AvgIpc) is 2.49. The summed E-state index contributed by atoms with van der Waals surface area (Å²) in [6.45, 7) is 0.00707. The summed E-state index contributed by atoms with van der Waals surface area (Å²) >= 11 is 5.92. The Morgan fingerprint density at radius 1 is 1.09 bits per heavy atom. The predicted octanol–water partition coefficient (Wildman–Crippen LogP) is 3.79. The van der Waals surface area contributed by atoms with Crippen molar-refractivity contribution in [1.29, 1.82) is 0 Å². The van der Waals surface area contributed by atoms with E-state index in [-0.39, 0.29) is 6.54 Å². The van der Waals surface area contributed by atoms with Crippen LogP contribution in [0.4, 0.5) is 19.3 Å². The average molecular weight is 321 g/mol. The summed E-state index contributed by atoms with van der Waals surface area (Å²) < 4.78 is 26.7. The van der Waals surface area contributed by atoms with E-state index in [1.807, 2.05) is 0 Å². The van der Waals surface area contributed by atoms with Gasteiger partial charge in [0.25, 0.3) is 0 Å². The van der Waals surface area contributed by atoms with E-state index in [0.29, 0.717) is 10.6 Å². The Kier molecular flexibility index (Phi) is 5.34. The first kappa shape index (κ1) is 15.8. The zero-order valence-corrected chi connectivity index (χ0v) is 12.0. The highest BCUT2D eigenvalue weighted by atomic mass is 35.5. The van der Waals surface area contributed by atoms with Gasteiger partial charge >= 0.3 is 6.03 Å². The third-order valence-corrected chi connectivity index (χ3v) is 2.97. The van der Waals surface area contributed by atoms with Gasteiger partial charge in [0.05, 0.1) is 11.6 Å². The van der Waals surface area contributed by atoms with Crippen LogP contribution >= 0.6 is 11.6 Å². The van der Waals surface area contributed by atoms with E-state index in [9.17, 15) is 13.6 Å². The molecule has 6 heteroatoms. The molecule has 0 saturated carbocycles. The van der Waals surface area contributed by atoms with E-state index in [1.54, 1.807) is 24.3 Å². The highest BCUT2D eigenvalue weighted by Crippen LogP contribution is 2.17. The zero-order valence-electron chi connectivity index (χ0n) is 11.3. The van der Waals surface area contributed by atoms with Crippen molar-refractivity contribution in [2.75, 3.05) is 11.9 Å². The van der Waals surface area contributed by atoms with Crippen molar-refractivity contribution in [2.24, 2.45) is 0 Å². The van der Waals surface area contributed by atoms with Crippen LogP contribution in [-0.2, 0) is 0 Å². The Morgan fingerprint density at radius 2 is 1.77 bits per heavy atom. The van der Waals surface area contributed by atoms with E-state index in [4.69, 9.17) is 11.6 Å². The van der Waals surface area contributed by atoms with Gasteiger partial charge in [-0.05, 0) is 24.3 Å². The summed E-state index contributed by atoms with van der Waals surface area (Å²) in [4.78, 5) is 11.5. The Bertz CT molecular complexity index is 733. The van der Waals surface area contributed by atoms with Gasteiger partial charge in [0, 0.05) is 5.56 Å². The second-order valence-electron chi connectivity index (χ2n) is 4.19. The molecular weight excluding hydrogens is 310 g/mol. The number of para-hydroxylation sites is 1. The lowest BCUT2D eigenvalue weighted by molar-refractivity contribution is 0.253. The monoisotopic (exact) mass is 320 g/mol. The molecule has 0 aliphatic heterocycles. The van der Waals surface area contributed by atoms with Crippen molar-refractivity contribution in [3.8, 4) is 11.8 Å². The molecule has 0 unspecified atom stereocenters. The predicted molar refractivity (Wildman–Crippen MR) is 81.7 cm³/mol. The molecule has 0 spiro atoms. The second-order valence-corrected chi connectivity index (χ2v) is 4.59.